The van der Waals surface area contributed by atoms with Crippen LogP contribution in [-0.4, -0.2) is 41.0 Å². The predicted molar refractivity (Wildman–Crippen MR) is 118 cm³/mol. The Bertz CT molecular complexity index is 1200. The van der Waals surface area contributed by atoms with Gasteiger partial charge < -0.3 is 14.8 Å². The van der Waals surface area contributed by atoms with E-state index in [0.717, 1.165) is 21.6 Å². The van der Waals surface area contributed by atoms with Crippen LogP contribution in [-0.2, 0) is 4.74 Å². The molecule has 3 heterocycles. The minimum Gasteiger partial charge on any atom is -0.474 e. The molecule has 0 aliphatic heterocycles. The molecule has 1 aromatic carbocycles. The zero-order valence-electron chi connectivity index (χ0n) is 16.4. The van der Waals surface area contributed by atoms with Crippen LogP contribution in [0.3, 0.4) is 0 Å². The Balaban J connectivity index is 1.63. The molecule has 154 valence electrons. The summed E-state index contributed by atoms with van der Waals surface area (Å²) in [7, 11) is 1.59. The molecule has 0 spiro atoms. The van der Waals surface area contributed by atoms with Gasteiger partial charge in [-0.15, -0.1) is 11.3 Å². The number of aromatic nitrogens is 3. The summed E-state index contributed by atoms with van der Waals surface area (Å²) in [6, 6.07) is 12.8. The zero-order valence-corrected chi connectivity index (χ0v) is 18.0. The summed E-state index contributed by atoms with van der Waals surface area (Å²) in [6.45, 7) is 2.68. The van der Waals surface area contributed by atoms with Crippen molar-refractivity contribution >= 4 is 44.7 Å². The molecular weight excluding hydrogens is 424 g/mol. The molecule has 7 nitrogen and oxygen atoms in total. The number of para-hydroxylation sites is 1. The molecule has 0 saturated carbocycles. The standard InChI is InChI=1S/C21H19ClN4O3S/c1-13-14-12-18(30-21(14)26(25-13)17-8-4-3-6-15(17)22)19(27)24-16-7-5-9-23-20(16)29-11-10-28-2/h3-9,12H,10-11H2,1-2H3,(H,24,27). The number of carbonyl (C=O) groups excluding carboxylic acids is 1. The molecule has 0 aliphatic rings. The second-order valence-electron chi connectivity index (χ2n) is 6.43. The smallest absolute Gasteiger partial charge is 0.265 e. The van der Waals surface area contributed by atoms with Gasteiger partial charge in [0.05, 0.1) is 27.9 Å². The zero-order chi connectivity index (χ0) is 21.1. The summed E-state index contributed by atoms with van der Waals surface area (Å²) in [5.74, 6) is 0.105. The minimum absolute atomic E-state index is 0.245. The number of amides is 1. The van der Waals surface area contributed by atoms with Gasteiger partial charge in [-0.1, -0.05) is 23.7 Å². The molecule has 0 atom stereocenters. The van der Waals surface area contributed by atoms with E-state index in [1.54, 1.807) is 30.1 Å². The lowest BCUT2D eigenvalue weighted by atomic mass is 10.3. The number of nitrogens with zero attached hydrogens (tertiary/aromatic N) is 3. The number of ether oxygens (including phenoxy) is 2. The summed E-state index contributed by atoms with van der Waals surface area (Å²) in [6.07, 6.45) is 1.61. The molecule has 4 aromatic rings. The lowest BCUT2D eigenvalue weighted by Gasteiger charge is -2.10. The van der Waals surface area contributed by atoms with Crippen LogP contribution in [0.4, 0.5) is 5.69 Å². The van der Waals surface area contributed by atoms with Crippen LogP contribution < -0.4 is 10.1 Å². The maximum atomic E-state index is 12.9. The number of thiophene rings is 1. The van der Waals surface area contributed by atoms with E-state index in [4.69, 9.17) is 21.1 Å². The lowest BCUT2D eigenvalue weighted by Crippen LogP contribution is -2.13. The summed E-state index contributed by atoms with van der Waals surface area (Å²) in [4.78, 5) is 18.5. The molecule has 30 heavy (non-hydrogen) atoms. The lowest BCUT2D eigenvalue weighted by molar-refractivity contribution is 0.102. The van der Waals surface area contributed by atoms with E-state index < -0.39 is 0 Å². The Hall–Kier alpha value is -2.94. The highest BCUT2D eigenvalue weighted by Gasteiger charge is 2.19. The molecule has 4 rings (SSSR count). The van der Waals surface area contributed by atoms with Gasteiger partial charge in [-0.3, -0.25) is 4.79 Å². The van der Waals surface area contributed by atoms with Gasteiger partial charge >= 0.3 is 0 Å². The van der Waals surface area contributed by atoms with Gasteiger partial charge in [0.25, 0.3) is 5.91 Å². The average molecular weight is 443 g/mol. The maximum absolute atomic E-state index is 12.9. The molecule has 1 N–H and O–H groups in total. The Labute approximate surface area is 182 Å². The molecule has 0 saturated heterocycles. The van der Waals surface area contributed by atoms with Gasteiger partial charge in [0.1, 0.15) is 17.1 Å². The van der Waals surface area contributed by atoms with Crippen molar-refractivity contribution in [2.75, 3.05) is 25.6 Å². The number of anilines is 1. The van der Waals surface area contributed by atoms with Crippen LogP contribution in [0.15, 0.2) is 48.7 Å². The summed E-state index contributed by atoms with van der Waals surface area (Å²) in [5.41, 5.74) is 2.10. The molecule has 0 bridgehead atoms. The Kier molecular flexibility index (Phi) is 5.98. The minimum atomic E-state index is -0.245. The van der Waals surface area contributed by atoms with Crippen LogP contribution in [0.1, 0.15) is 15.4 Å². The molecular formula is C21H19ClN4O3S. The number of hydrogen-bond donors (Lipinski definition) is 1. The summed E-state index contributed by atoms with van der Waals surface area (Å²) in [5, 5.41) is 8.97. The first-order valence-corrected chi connectivity index (χ1v) is 10.4. The largest absolute Gasteiger partial charge is 0.474 e. The first-order chi connectivity index (χ1) is 14.6. The van der Waals surface area contributed by atoms with E-state index in [9.17, 15) is 4.79 Å². The normalized spacial score (nSPS) is 11.0. The fourth-order valence-electron chi connectivity index (χ4n) is 2.95. The van der Waals surface area contributed by atoms with E-state index >= 15 is 0 Å². The predicted octanol–water partition coefficient (Wildman–Crippen LogP) is 4.72. The molecule has 0 fully saturated rings. The van der Waals surface area contributed by atoms with Crippen molar-refractivity contribution in [3.05, 3.63) is 64.3 Å². The van der Waals surface area contributed by atoms with E-state index in [0.29, 0.717) is 34.7 Å². The van der Waals surface area contributed by atoms with Gasteiger partial charge in [-0.25, -0.2) is 9.67 Å². The molecule has 3 aromatic heterocycles. The number of nitrogens with one attached hydrogen (secondary N) is 1. The molecule has 1 amide bonds. The number of hydrogen-bond acceptors (Lipinski definition) is 6. The van der Waals surface area contributed by atoms with Gasteiger partial charge in [-0.2, -0.15) is 5.10 Å². The van der Waals surface area contributed by atoms with Crippen LogP contribution in [0.25, 0.3) is 15.9 Å². The van der Waals surface area contributed by atoms with Crippen LogP contribution >= 0.6 is 22.9 Å². The van der Waals surface area contributed by atoms with Crippen molar-refractivity contribution in [1.82, 2.24) is 14.8 Å². The number of benzene rings is 1. The first kappa shape index (κ1) is 20.3. The number of fused-ring (bicyclic) bond motifs is 1. The van der Waals surface area contributed by atoms with Crippen LogP contribution in [0.2, 0.25) is 5.02 Å². The van der Waals surface area contributed by atoms with Crippen molar-refractivity contribution < 1.29 is 14.3 Å². The highest BCUT2D eigenvalue weighted by atomic mass is 35.5. The van der Waals surface area contributed by atoms with Gasteiger partial charge in [0, 0.05) is 18.7 Å². The Morgan fingerprint density at radius 1 is 1.23 bits per heavy atom. The molecule has 0 radical (unpaired) electrons. The highest BCUT2D eigenvalue weighted by Crippen LogP contribution is 2.33. The molecule has 0 unspecified atom stereocenters. The van der Waals surface area contributed by atoms with Gasteiger partial charge in [0.15, 0.2) is 0 Å². The van der Waals surface area contributed by atoms with E-state index in [1.165, 1.54) is 11.3 Å². The van der Waals surface area contributed by atoms with Crippen molar-refractivity contribution in [3.63, 3.8) is 0 Å². The molecule has 0 aliphatic carbocycles. The molecule has 9 heteroatoms. The number of carbonyl (C=O) groups is 1. The van der Waals surface area contributed by atoms with E-state index in [-0.39, 0.29) is 5.91 Å². The van der Waals surface area contributed by atoms with Gasteiger partial charge in [0.2, 0.25) is 5.88 Å². The topological polar surface area (TPSA) is 78.3 Å². The number of pyridine rings is 1. The van der Waals surface area contributed by atoms with Crippen LogP contribution in [0, 0.1) is 6.92 Å². The number of methoxy groups -OCH3 is 1. The van der Waals surface area contributed by atoms with Crippen LogP contribution in [0.5, 0.6) is 5.88 Å². The van der Waals surface area contributed by atoms with E-state index in [2.05, 4.69) is 15.4 Å². The first-order valence-electron chi connectivity index (χ1n) is 9.20. The Morgan fingerprint density at radius 2 is 2.07 bits per heavy atom. The quantitative estimate of drug-likeness (QED) is 0.419. The fraction of sp³-hybridized carbons (Fsp3) is 0.190. The third-order valence-electron chi connectivity index (χ3n) is 4.39. The SMILES string of the molecule is COCCOc1ncccc1NC(=O)c1cc2c(C)nn(-c3ccccc3Cl)c2s1. The van der Waals surface area contributed by atoms with E-state index in [1.807, 2.05) is 37.3 Å². The summed E-state index contributed by atoms with van der Waals surface area (Å²) < 4.78 is 12.4. The van der Waals surface area contributed by atoms with Crippen molar-refractivity contribution in [1.29, 1.82) is 0 Å². The second kappa shape index (κ2) is 8.83. The summed E-state index contributed by atoms with van der Waals surface area (Å²) >= 11 is 7.70. The maximum Gasteiger partial charge on any atom is 0.265 e. The number of aryl methyl sites for hydroxylation is 1. The number of halogens is 1. The monoisotopic (exact) mass is 442 g/mol. The van der Waals surface area contributed by atoms with Crippen molar-refractivity contribution in [2.45, 2.75) is 6.92 Å². The van der Waals surface area contributed by atoms with Crippen molar-refractivity contribution in [3.8, 4) is 11.6 Å². The van der Waals surface area contributed by atoms with Gasteiger partial charge in [-0.05, 0) is 37.3 Å². The Morgan fingerprint density at radius 3 is 2.87 bits per heavy atom. The van der Waals surface area contributed by atoms with Crippen molar-refractivity contribution in [2.24, 2.45) is 0 Å². The fourth-order valence-corrected chi connectivity index (χ4v) is 4.24. The second-order valence-corrected chi connectivity index (χ2v) is 7.87. The average Bonchev–Trinajstić information content (AvgIpc) is 3.31. The number of rotatable bonds is 7. The highest BCUT2D eigenvalue weighted by molar-refractivity contribution is 7.20. The third-order valence-corrected chi connectivity index (χ3v) is 5.82. The third kappa shape index (κ3) is 4.02.